The third-order valence-electron chi connectivity index (χ3n) is 5.20. The Morgan fingerprint density at radius 1 is 1.03 bits per heavy atom. The Morgan fingerprint density at radius 3 is 2.48 bits per heavy atom. The van der Waals surface area contributed by atoms with Gasteiger partial charge in [0.1, 0.15) is 17.7 Å². The lowest BCUT2D eigenvalue weighted by Crippen LogP contribution is -2.39. The number of aromatic hydroxyl groups is 1. The number of rotatable bonds is 4. The Labute approximate surface area is 178 Å². The van der Waals surface area contributed by atoms with Gasteiger partial charge in [-0.3, -0.25) is 5.32 Å². The average Bonchev–Trinajstić information content (AvgIpc) is 2.75. The molecule has 2 atom stereocenters. The van der Waals surface area contributed by atoms with Crippen molar-refractivity contribution >= 4 is 21.6 Å². The van der Waals surface area contributed by atoms with Crippen LogP contribution in [-0.2, 0) is 6.42 Å². The van der Waals surface area contributed by atoms with Crippen LogP contribution in [0.5, 0.6) is 5.75 Å². The number of phenols is 1. The lowest BCUT2D eigenvalue weighted by Gasteiger charge is -2.33. The van der Waals surface area contributed by atoms with Crippen molar-refractivity contribution in [3.8, 4) is 5.75 Å². The van der Waals surface area contributed by atoms with Crippen molar-refractivity contribution in [3.63, 3.8) is 0 Å². The van der Waals surface area contributed by atoms with E-state index in [0.717, 1.165) is 28.8 Å². The molecule has 4 rings (SSSR count). The molecule has 3 aromatic rings. The van der Waals surface area contributed by atoms with E-state index in [9.17, 15) is 9.50 Å². The Balaban J connectivity index is 1.75. The molecule has 0 aromatic heterocycles. The molecule has 3 N–H and O–H groups in total. The van der Waals surface area contributed by atoms with Crippen molar-refractivity contribution in [2.24, 2.45) is 0 Å². The summed E-state index contributed by atoms with van der Waals surface area (Å²) in [6.45, 7) is 2.13. The summed E-state index contributed by atoms with van der Waals surface area (Å²) in [6.07, 6.45) is 2.81. The lowest BCUT2D eigenvalue weighted by atomic mass is 9.97. The maximum atomic E-state index is 13.7. The SMILES string of the molecule is CCc1ccc(C2=CC(c3ccccc3O)NC(c3ccc(F)c(Br)c3)N2)cc1. The van der Waals surface area contributed by atoms with E-state index in [0.29, 0.717) is 4.47 Å². The van der Waals surface area contributed by atoms with Gasteiger partial charge in [0.2, 0.25) is 0 Å². The highest BCUT2D eigenvalue weighted by molar-refractivity contribution is 9.10. The maximum absolute atomic E-state index is 13.7. The maximum Gasteiger partial charge on any atom is 0.137 e. The van der Waals surface area contributed by atoms with Crippen LogP contribution in [0.15, 0.2) is 77.3 Å². The molecule has 0 radical (unpaired) electrons. The minimum absolute atomic E-state index is 0.202. The summed E-state index contributed by atoms with van der Waals surface area (Å²) in [5, 5.41) is 17.4. The minimum Gasteiger partial charge on any atom is -0.508 e. The van der Waals surface area contributed by atoms with E-state index in [1.165, 1.54) is 11.6 Å². The number of aryl methyl sites for hydroxylation is 1. The van der Waals surface area contributed by atoms with Gasteiger partial charge in [-0.15, -0.1) is 0 Å². The number of halogens is 2. The van der Waals surface area contributed by atoms with Gasteiger partial charge < -0.3 is 10.4 Å². The summed E-state index contributed by atoms with van der Waals surface area (Å²) >= 11 is 3.28. The molecular formula is C24H22BrFN2O. The van der Waals surface area contributed by atoms with Gasteiger partial charge in [-0.05, 0) is 63.3 Å². The predicted molar refractivity (Wildman–Crippen MR) is 118 cm³/mol. The summed E-state index contributed by atoms with van der Waals surface area (Å²) in [6, 6.07) is 20.5. The van der Waals surface area contributed by atoms with E-state index in [1.54, 1.807) is 18.2 Å². The second-order valence-corrected chi connectivity index (χ2v) is 7.94. The fraction of sp³-hybridized carbons (Fsp3) is 0.167. The summed E-state index contributed by atoms with van der Waals surface area (Å²) in [5.41, 5.74) is 5.00. The normalized spacial score (nSPS) is 18.8. The van der Waals surface area contributed by atoms with E-state index in [4.69, 9.17) is 0 Å². The monoisotopic (exact) mass is 452 g/mol. The van der Waals surface area contributed by atoms with Crippen LogP contribution >= 0.6 is 15.9 Å². The highest BCUT2D eigenvalue weighted by Crippen LogP contribution is 2.34. The van der Waals surface area contributed by atoms with Gasteiger partial charge in [0.25, 0.3) is 0 Å². The first-order valence-electron chi connectivity index (χ1n) is 9.61. The first-order valence-corrected chi connectivity index (χ1v) is 10.4. The van der Waals surface area contributed by atoms with Crippen LogP contribution in [0.3, 0.4) is 0 Å². The molecule has 0 fully saturated rings. The third-order valence-corrected chi connectivity index (χ3v) is 5.81. The first kappa shape index (κ1) is 19.7. The second-order valence-electron chi connectivity index (χ2n) is 7.08. The van der Waals surface area contributed by atoms with Gasteiger partial charge >= 0.3 is 0 Å². The Hall–Kier alpha value is -2.63. The standard InChI is InChI=1S/C24H22BrFN2O/c1-2-15-7-9-16(10-8-15)21-14-22(18-5-3-4-6-23(18)29)28-24(27-21)17-11-12-20(26)19(25)13-17/h3-14,22,24,27-29H,2H2,1H3. The van der Waals surface area contributed by atoms with Crippen LogP contribution in [0.4, 0.5) is 4.39 Å². The van der Waals surface area contributed by atoms with Crippen LogP contribution in [0.25, 0.3) is 5.70 Å². The molecule has 1 heterocycles. The molecule has 1 aliphatic heterocycles. The summed E-state index contributed by atoms with van der Waals surface area (Å²) < 4.78 is 14.2. The van der Waals surface area contributed by atoms with Crippen LogP contribution < -0.4 is 10.6 Å². The van der Waals surface area contributed by atoms with Crippen molar-refractivity contribution in [3.05, 3.63) is 105 Å². The molecular weight excluding hydrogens is 431 g/mol. The molecule has 0 saturated heterocycles. The third kappa shape index (κ3) is 4.21. The van der Waals surface area contributed by atoms with Crippen molar-refractivity contribution in [2.45, 2.75) is 25.6 Å². The van der Waals surface area contributed by atoms with Gasteiger partial charge in [-0.2, -0.15) is 0 Å². The quantitative estimate of drug-likeness (QED) is 0.466. The summed E-state index contributed by atoms with van der Waals surface area (Å²) in [5.74, 6) is -0.0596. The number of phenolic OH excluding ortho intramolecular Hbond substituents is 1. The number of benzene rings is 3. The van der Waals surface area contributed by atoms with E-state index in [-0.39, 0.29) is 23.8 Å². The molecule has 3 aromatic carbocycles. The Morgan fingerprint density at radius 2 is 1.79 bits per heavy atom. The van der Waals surface area contributed by atoms with Gasteiger partial charge in [0, 0.05) is 11.3 Å². The first-order chi connectivity index (χ1) is 14.0. The smallest absolute Gasteiger partial charge is 0.137 e. The van der Waals surface area contributed by atoms with E-state index in [2.05, 4.69) is 63.8 Å². The van der Waals surface area contributed by atoms with Crippen molar-refractivity contribution in [1.29, 1.82) is 0 Å². The van der Waals surface area contributed by atoms with E-state index in [1.807, 2.05) is 18.2 Å². The zero-order valence-corrected chi connectivity index (χ0v) is 17.6. The highest BCUT2D eigenvalue weighted by Gasteiger charge is 2.25. The molecule has 3 nitrogen and oxygen atoms in total. The predicted octanol–water partition coefficient (Wildman–Crippen LogP) is 5.83. The van der Waals surface area contributed by atoms with Crippen LogP contribution in [0.2, 0.25) is 0 Å². The largest absolute Gasteiger partial charge is 0.508 e. The van der Waals surface area contributed by atoms with Gasteiger partial charge in [0.05, 0.1) is 10.5 Å². The van der Waals surface area contributed by atoms with Crippen LogP contribution in [-0.4, -0.2) is 5.11 Å². The summed E-state index contributed by atoms with van der Waals surface area (Å²) in [4.78, 5) is 0. The van der Waals surface area contributed by atoms with Crippen molar-refractivity contribution < 1.29 is 9.50 Å². The zero-order chi connectivity index (χ0) is 20.4. The average molecular weight is 453 g/mol. The molecule has 0 amide bonds. The van der Waals surface area contributed by atoms with E-state index < -0.39 is 0 Å². The van der Waals surface area contributed by atoms with Gasteiger partial charge in [-0.25, -0.2) is 4.39 Å². The molecule has 0 saturated carbocycles. The number of hydrogen-bond donors (Lipinski definition) is 3. The molecule has 29 heavy (non-hydrogen) atoms. The highest BCUT2D eigenvalue weighted by atomic mass is 79.9. The van der Waals surface area contributed by atoms with Crippen molar-refractivity contribution in [2.75, 3.05) is 0 Å². The molecule has 5 heteroatoms. The lowest BCUT2D eigenvalue weighted by molar-refractivity contribution is 0.418. The number of nitrogens with one attached hydrogen (secondary N) is 2. The zero-order valence-electron chi connectivity index (χ0n) is 16.0. The number of para-hydroxylation sites is 1. The van der Waals surface area contributed by atoms with Gasteiger partial charge in [-0.1, -0.05) is 55.5 Å². The molecule has 0 bridgehead atoms. The Kier molecular flexibility index (Phi) is 5.69. The van der Waals surface area contributed by atoms with Crippen LogP contribution in [0.1, 0.15) is 41.4 Å². The van der Waals surface area contributed by atoms with Crippen molar-refractivity contribution in [1.82, 2.24) is 10.6 Å². The van der Waals surface area contributed by atoms with Gasteiger partial charge in [0.15, 0.2) is 0 Å². The fourth-order valence-corrected chi connectivity index (χ4v) is 3.94. The van der Waals surface area contributed by atoms with Crippen LogP contribution in [0, 0.1) is 5.82 Å². The molecule has 1 aliphatic rings. The van der Waals surface area contributed by atoms with E-state index >= 15 is 0 Å². The molecule has 0 aliphatic carbocycles. The molecule has 0 spiro atoms. The minimum atomic E-state index is -0.298. The molecule has 148 valence electrons. The summed E-state index contributed by atoms with van der Waals surface area (Å²) in [7, 11) is 0. The fourth-order valence-electron chi connectivity index (χ4n) is 3.54. The topological polar surface area (TPSA) is 44.3 Å². The second kappa shape index (κ2) is 8.39. The molecule has 2 unspecified atom stereocenters. The number of hydrogen-bond acceptors (Lipinski definition) is 3. The Bertz CT molecular complexity index is 1050.